The molecule has 0 amide bonds. The maximum Gasteiger partial charge on any atom is 0.346 e. The Morgan fingerprint density at radius 1 is 1.10 bits per heavy atom. The molecule has 1 aliphatic heterocycles. The summed E-state index contributed by atoms with van der Waals surface area (Å²) >= 11 is 3.40. The van der Waals surface area contributed by atoms with Gasteiger partial charge in [0.15, 0.2) is 5.76 Å². The van der Waals surface area contributed by atoms with E-state index < -0.39 is 11.8 Å². The van der Waals surface area contributed by atoms with Crippen LogP contribution in [0.4, 0.5) is 4.39 Å². The first kappa shape index (κ1) is 20.8. The summed E-state index contributed by atoms with van der Waals surface area (Å²) in [6.07, 6.45) is 1.59. The van der Waals surface area contributed by atoms with Crippen LogP contribution in [0.25, 0.3) is 6.08 Å². The van der Waals surface area contributed by atoms with Gasteiger partial charge >= 0.3 is 5.97 Å². The fraction of sp³-hybridized carbons (Fsp3) is 0.0833. The average Bonchev–Trinajstić information content (AvgIpc) is 3.07. The molecule has 7 heteroatoms. The first-order valence-corrected chi connectivity index (χ1v) is 10.1. The fourth-order valence-corrected chi connectivity index (χ4v) is 3.60. The molecule has 0 spiro atoms. The van der Waals surface area contributed by atoms with Gasteiger partial charge < -0.3 is 14.2 Å². The largest absolute Gasteiger partial charge is 0.496 e. The third kappa shape index (κ3) is 3.96. The number of ketones is 1. The molecule has 0 aliphatic carbocycles. The first-order chi connectivity index (χ1) is 14.9. The Morgan fingerprint density at radius 3 is 2.58 bits per heavy atom. The number of carbonyl (C=O) groups is 2. The van der Waals surface area contributed by atoms with Crippen LogP contribution in [-0.2, 0) is 0 Å². The van der Waals surface area contributed by atoms with Gasteiger partial charge in [0.1, 0.15) is 23.1 Å². The first-order valence-electron chi connectivity index (χ1n) is 9.27. The minimum absolute atomic E-state index is 0.118. The van der Waals surface area contributed by atoms with Gasteiger partial charge in [-0.3, -0.25) is 4.79 Å². The maximum atomic E-state index is 13.9. The van der Waals surface area contributed by atoms with Crippen LogP contribution in [0.1, 0.15) is 31.8 Å². The van der Waals surface area contributed by atoms with Crippen molar-refractivity contribution in [1.82, 2.24) is 0 Å². The second kappa shape index (κ2) is 8.35. The smallest absolute Gasteiger partial charge is 0.346 e. The molecule has 0 aromatic heterocycles. The number of benzene rings is 3. The predicted octanol–water partition coefficient (Wildman–Crippen LogP) is 5.74. The van der Waals surface area contributed by atoms with Crippen LogP contribution in [0.3, 0.4) is 0 Å². The molecular weight excluding hydrogens is 467 g/mol. The number of fused-ring (bicyclic) bond motifs is 1. The van der Waals surface area contributed by atoms with Crippen molar-refractivity contribution in [2.24, 2.45) is 0 Å². The molecule has 0 fully saturated rings. The van der Waals surface area contributed by atoms with Gasteiger partial charge in [0.25, 0.3) is 0 Å². The van der Waals surface area contributed by atoms with E-state index in [1.165, 1.54) is 37.4 Å². The summed E-state index contributed by atoms with van der Waals surface area (Å²) in [5, 5.41) is 0. The van der Waals surface area contributed by atoms with E-state index in [9.17, 15) is 14.0 Å². The summed E-state index contributed by atoms with van der Waals surface area (Å²) in [5.74, 6) is -0.630. The highest BCUT2D eigenvalue weighted by Crippen LogP contribution is 2.40. The van der Waals surface area contributed by atoms with Gasteiger partial charge in [0.2, 0.25) is 5.78 Å². The van der Waals surface area contributed by atoms with E-state index in [0.29, 0.717) is 28.2 Å². The van der Waals surface area contributed by atoms with Crippen LogP contribution >= 0.6 is 15.9 Å². The molecule has 0 atom stereocenters. The number of hydrogen-bond acceptors (Lipinski definition) is 5. The quantitative estimate of drug-likeness (QED) is 0.269. The third-order valence-electron chi connectivity index (χ3n) is 4.81. The van der Waals surface area contributed by atoms with Crippen LogP contribution in [0.15, 0.2) is 64.8 Å². The van der Waals surface area contributed by atoms with Crippen molar-refractivity contribution < 1.29 is 28.2 Å². The monoisotopic (exact) mass is 482 g/mol. The molecule has 156 valence electrons. The minimum Gasteiger partial charge on any atom is -0.496 e. The number of carbonyl (C=O) groups excluding carboxylic acids is 2. The Kier molecular flexibility index (Phi) is 5.61. The van der Waals surface area contributed by atoms with Crippen LogP contribution in [0.2, 0.25) is 0 Å². The average molecular weight is 483 g/mol. The Balaban J connectivity index is 1.65. The Hall–Kier alpha value is -3.45. The summed E-state index contributed by atoms with van der Waals surface area (Å²) in [5.41, 5.74) is 1.29. The second-order valence-corrected chi connectivity index (χ2v) is 7.68. The number of hydrogen-bond donors (Lipinski definition) is 0. The minimum atomic E-state index is -0.833. The molecule has 0 saturated carbocycles. The van der Waals surface area contributed by atoms with Crippen molar-refractivity contribution in [2.45, 2.75) is 6.92 Å². The molecule has 3 aromatic carbocycles. The lowest BCUT2D eigenvalue weighted by Gasteiger charge is -2.10. The van der Waals surface area contributed by atoms with Gasteiger partial charge in [-0.05, 0) is 55.5 Å². The zero-order chi connectivity index (χ0) is 22.1. The molecule has 31 heavy (non-hydrogen) atoms. The summed E-state index contributed by atoms with van der Waals surface area (Å²) in [4.78, 5) is 25.2. The molecule has 0 radical (unpaired) electrons. The number of rotatable bonds is 4. The SMILES string of the molecule is COc1ccc(Br)cc1/C=C1\Oc2c(ccc(OC(=O)c3ccccc3F)c2C)C1=O. The van der Waals surface area contributed by atoms with E-state index in [4.69, 9.17) is 14.2 Å². The molecule has 0 saturated heterocycles. The van der Waals surface area contributed by atoms with E-state index >= 15 is 0 Å². The maximum absolute atomic E-state index is 13.9. The lowest BCUT2D eigenvalue weighted by atomic mass is 10.1. The molecule has 0 unspecified atom stereocenters. The van der Waals surface area contributed by atoms with E-state index in [-0.39, 0.29) is 22.9 Å². The van der Waals surface area contributed by atoms with Gasteiger partial charge in [-0.25, -0.2) is 9.18 Å². The molecule has 0 bridgehead atoms. The van der Waals surface area contributed by atoms with Crippen molar-refractivity contribution in [1.29, 1.82) is 0 Å². The van der Waals surface area contributed by atoms with Crippen LogP contribution in [-0.4, -0.2) is 18.9 Å². The summed E-state index contributed by atoms with van der Waals surface area (Å²) in [6, 6.07) is 14.0. The van der Waals surface area contributed by atoms with Crippen molar-refractivity contribution in [3.05, 3.63) is 92.9 Å². The van der Waals surface area contributed by atoms with Crippen molar-refractivity contribution in [3.63, 3.8) is 0 Å². The van der Waals surface area contributed by atoms with Gasteiger partial charge in [0.05, 0.1) is 18.2 Å². The van der Waals surface area contributed by atoms with Gasteiger partial charge in [0, 0.05) is 15.6 Å². The van der Waals surface area contributed by atoms with E-state index in [1.54, 1.807) is 31.2 Å². The molecule has 0 N–H and O–H groups in total. The van der Waals surface area contributed by atoms with Crippen LogP contribution in [0.5, 0.6) is 17.2 Å². The number of methoxy groups -OCH3 is 1. The Morgan fingerprint density at radius 2 is 1.84 bits per heavy atom. The summed E-state index contributed by atoms with van der Waals surface area (Å²) in [7, 11) is 1.54. The Labute approximate surface area is 186 Å². The van der Waals surface area contributed by atoms with Gasteiger partial charge in [-0.1, -0.05) is 28.1 Å². The zero-order valence-corrected chi connectivity index (χ0v) is 18.2. The number of allylic oxidation sites excluding steroid dienone is 1. The van der Waals surface area contributed by atoms with Crippen molar-refractivity contribution >= 4 is 33.8 Å². The molecule has 1 aliphatic rings. The topological polar surface area (TPSA) is 61.8 Å². The number of esters is 1. The normalized spacial score (nSPS) is 13.7. The molecule has 1 heterocycles. The third-order valence-corrected chi connectivity index (χ3v) is 5.30. The van der Waals surface area contributed by atoms with Gasteiger partial charge in [-0.2, -0.15) is 0 Å². The lowest BCUT2D eigenvalue weighted by Crippen LogP contribution is -2.11. The molecular formula is C24H16BrFO5. The molecule has 5 nitrogen and oxygen atoms in total. The summed E-state index contributed by atoms with van der Waals surface area (Å²) in [6.45, 7) is 1.67. The number of Topliss-reactive ketones (excluding diaryl/α,β-unsaturated/α-hetero) is 1. The van der Waals surface area contributed by atoms with E-state index in [1.807, 2.05) is 6.07 Å². The molecule has 3 aromatic rings. The number of ether oxygens (including phenoxy) is 3. The predicted molar refractivity (Wildman–Crippen MR) is 116 cm³/mol. The second-order valence-electron chi connectivity index (χ2n) is 6.76. The number of halogens is 2. The lowest BCUT2D eigenvalue weighted by molar-refractivity contribution is 0.0728. The highest BCUT2D eigenvalue weighted by molar-refractivity contribution is 9.10. The fourth-order valence-electron chi connectivity index (χ4n) is 3.22. The van der Waals surface area contributed by atoms with Gasteiger partial charge in [-0.15, -0.1) is 0 Å². The van der Waals surface area contributed by atoms with E-state index in [0.717, 1.165) is 4.47 Å². The van der Waals surface area contributed by atoms with Crippen LogP contribution in [0, 0.1) is 12.7 Å². The van der Waals surface area contributed by atoms with Crippen molar-refractivity contribution in [2.75, 3.05) is 7.11 Å². The summed E-state index contributed by atoms with van der Waals surface area (Å²) < 4.78 is 31.2. The van der Waals surface area contributed by atoms with Crippen LogP contribution < -0.4 is 14.2 Å². The standard InChI is InChI=1S/C24H16BrFO5/c1-13-19(31-24(28)16-5-3-4-6-18(16)26)10-8-17-22(27)21(30-23(13)17)12-14-11-15(25)7-9-20(14)29-2/h3-12H,1-2H3/b21-12-. The zero-order valence-electron chi connectivity index (χ0n) is 16.6. The molecule has 4 rings (SSSR count). The van der Waals surface area contributed by atoms with E-state index in [2.05, 4.69) is 15.9 Å². The highest BCUT2D eigenvalue weighted by Gasteiger charge is 2.31. The Bertz CT molecular complexity index is 1250. The highest BCUT2D eigenvalue weighted by atomic mass is 79.9. The van der Waals surface area contributed by atoms with Crippen molar-refractivity contribution in [3.8, 4) is 17.2 Å².